The van der Waals surface area contributed by atoms with Crippen molar-refractivity contribution in [1.29, 1.82) is 0 Å². The molecule has 50 heavy (non-hydrogen) atoms. The van der Waals surface area contributed by atoms with Crippen LogP contribution in [0.5, 0.6) is 5.75 Å². The van der Waals surface area contributed by atoms with Gasteiger partial charge in [0, 0.05) is 23.1 Å². The quantitative estimate of drug-likeness (QED) is 0.230. The molecule has 13 nitrogen and oxygen atoms in total. The maximum atomic E-state index is 14.5. The van der Waals surface area contributed by atoms with Crippen LogP contribution in [-0.4, -0.2) is 52.8 Å². The highest BCUT2D eigenvalue weighted by Crippen LogP contribution is 2.67. The topological polar surface area (TPSA) is 171 Å². The molecule has 0 amide bonds. The van der Waals surface area contributed by atoms with E-state index in [0.29, 0.717) is 18.2 Å². The molecule has 1 aromatic carbocycles. The van der Waals surface area contributed by atoms with E-state index in [-0.39, 0.29) is 41.9 Å². The highest BCUT2D eigenvalue weighted by molar-refractivity contribution is 5.95. The van der Waals surface area contributed by atoms with E-state index in [0.717, 1.165) is 0 Å². The van der Waals surface area contributed by atoms with Crippen LogP contribution in [0.25, 0.3) is 11.0 Å². The molecule has 2 saturated carbocycles. The smallest absolute Gasteiger partial charge is 0.351 e. The number of rotatable bonds is 6. The Kier molecular flexibility index (Phi) is 6.87. The van der Waals surface area contributed by atoms with Crippen molar-refractivity contribution in [3.05, 3.63) is 39.7 Å². The molecule has 4 bridgehead atoms. The molecular weight excluding hydrogens is 652 g/mol. The second-order valence-electron chi connectivity index (χ2n) is 16.4. The Morgan fingerprint density at radius 3 is 1.78 bits per heavy atom. The lowest BCUT2D eigenvalue weighted by molar-refractivity contribution is -0.217. The molecule has 6 atom stereocenters. The summed E-state index contributed by atoms with van der Waals surface area (Å²) in [5.41, 5.74) is -9.01. The summed E-state index contributed by atoms with van der Waals surface area (Å²) >= 11 is 0. The van der Waals surface area contributed by atoms with Gasteiger partial charge in [0.2, 0.25) is 11.2 Å². The lowest BCUT2D eigenvalue weighted by Gasteiger charge is -2.45. The van der Waals surface area contributed by atoms with Gasteiger partial charge in [0.1, 0.15) is 23.5 Å². The zero-order valence-electron chi connectivity index (χ0n) is 29.7. The average molecular weight is 695 g/mol. The van der Waals surface area contributed by atoms with Gasteiger partial charge in [-0.15, -0.1) is 0 Å². The molecule has 268 valence electrons. The van der Waals surface area contributed by atoms with Gasteiger partial charge in [-0.1, -0.05) is 27.7 Å². The summed E-state index contributed by atoms with van der Waals surface area (Å²) in [6.07, 6.45) is -1.58. The molecule has 7 rings (SSSR count). The summed E-state index contributed by atoms with van der Waals surface area (Å²) in [6, 6.07) is 4.74. The second kappa shape index (κ2) is 10.1. The van der Waals surface area contributed by atoms with Gasteiger partial charge in [0.05, 0.1) is 22.0 Å². The maximum absolute atomic E-state index is 14.5. The van der Waals surface area contributed by atoms with Gasteiger partial charge >= 0.3 is 35.5 Å². The molecule has 1 aromatic heterocycles. The largest absolute Gasteiger partial charge is 0.483 e. The van der Waals surface area contributed by atoms with Gasteiger partial charge in [0.15, 0.2) is 12.2 Å². The number of benzene rings is 1. The summed E-state index contributed by atoms with van der Waals surface area (Å²) in [4.78, 5) is 79.8. The minimum absolute atomic E-state index is 0.0101. The SMILES string of the molecule is CC(=O)OCc1cc2ccc3c(c2oc1=O)[C@@H](OC(=O)C12CCC(C)(C(=O)O1)C2(C)C)[C@@H](OC(=O)C12CCC(C)(C(=O)O1)C2(C)C)C(C)(C)O3. The highest BCUT2D eigenvalue weighted by Gasteiger charge is 2.78. The van der Waals surface area contributed by atoms with Crippen LogP contribution >= 0.6 is 0 Å². The van der Waals surface area contributed by atoms with Crippen molar-refractivity contribution in [3.63, 3.8) is 0 Å². The number of carbonyl (C=O) groups is 5. The molecule has 0 radical (unpaired) electrons. The van der Waals surface area contributed by atoms with Crippen molar-refractivity contribution in [2.75, 3.05) is 0 Å². The molecule has 13 heteroatoms. The third kappa shape index (κ3) is 4.00. The van der Waals surface area contributed by atoms with E-state index >= 15 is 0 Å². The van der Waals surface area contributed by atoms with E-state index < -0.39 is 86.1 Å². The first-order chi connectivity index (χ1) is 23.1. The van der Waals surface area contributed by atoms with Gasteiger partial charge in [0.25, 0.3) is 0 Å². The standard InChI is InChI=1S/C37H42O13/c1-18(38)44-17-20-16-19-10-11-21-22(23(19)45-26(20)39)24(46-29(42)36-14-12-34(8,27(40)49-36)32(36,4)5)25(31(2,3)48-21)47-30(43)37-15-13-35(9,28(41)50-37)33(37,6)7/h10-11,16,24-25H,12-15,17H2,1-9H3/t24-,25-,34?,35?,36?,37?/m1/s1. The van der Waals surface area contributed by atoms with Gasteiger partial charge in [-0.3, -0.25) is 14.4 Å². The van der Waals surface area contributed by atoms with Crippen molar-refractivity contribution >= 4 is 40.8 Å². The molecule has 2 aliphatic carbocycles. The van der Waals surface area contributed by atoms with E-state index in [9.17, 15) is 28.8 Å². The van der Waals surface area contributed by atoms with E-state index in [1.165, 1.54) is 13.0 Å². The fourth-order valence-corrected chi connectivity index (χ4v) is 8.88. The van der Waals surface area contributed by atoms with Gasteiger partial charge in [-0.2, -0.15) is 0 Å². The first kappa shape index (κ1) is 34.0. The van der Waals surface area contributed by atoms with Crippen LogP contribution in [0.15, 0.2) is 27.4 Å². The number of ether oxygens (including phenoxy) is 6. The molecule has 4 unspecified atom stereocenters. The van der Waals surface area contributed by atoms with Crippen LogP contribution in [0, 0.1) is 21.7 Å². The van der Waals surface area contributed by atoms with Crippen LogP contribution < -0.4 is 10.4 Å². The van der Waals surface area contributed by atoms with Crippen molar-refractivity contribution in [1.82, 2.24) is 0 Å². The van der Waals surface area contributed by atoms with Crippen molar-refractivity contribution in [2.24, 2.45) is 21.7 Å². The van der Waals surface area contributed by atoms with Crippen LogP contribution in [0.2, 0.25) is 0 Å². The van der Waals surface area contributed by atoms with Crippen LogP contribution in [0.3, 0.4) is 0 Å². The Morgan fingerprint density at radius 2 is 1.30 bits per heavy atom. The summed E-state index contributed by atoms with van der Waals surface area (Å²) in [5.74, 6) is -3.07. The van der Waals surface area contributed by atoms with Crippen LogP contribution in [0.4, 0.5) is 0 Å². The third-order valence-electron chi connectivity index (χ3n) is 13.3. The Morgan fingerprint density at radius 1 is 0.760 bits per heavy atom. The normalized spacial score (nSPS) is 35.1. The zero-order chi connectivity index (χ0) is 36.6. The molecule has 5 aliphatic rings. The van der Waals surface area contributed by atoms with Crippen LogP contribution in [0.1, 0.15) is 105 Å². The van der Waals surface area contributed by atoms with E-state index in [4.69, 9.17) is 32.8 Å². The Labute approximate surface area is 288 Å². The molecule has 4 fully saturated rings. The van der Waals surface area contributed by atoms with Crippen LogP contribution in [-0.2, 0) is 54.3 Å². The molecule has 2 saturated heterocycles. The van der Waals surface area contributed by atoms with Gasteiger partial charge in [-0.25, -0.2) is 14.4 Å². The van der Waals surface area contributed by atoms with E-state index in [1.807, 2.05) is 0 Å². The molecule has 4 heterocycles. The summed E-state index contributed by atoms with van der Waals surface area (Å²) < 4.78 is 41.6. The Hall–Kier alpha value is -4.42. The lowest BCUT2D eigenvalue weighted by atomic mass is 9.66. The minimum Gasteiger partial charge on any atom is -0.483 e. The Bertz CT molecular complexity index is 1970. The molecular formula is C37H42O13. The predicted molar refractivity (Wildman–Crippen MR) is 171 cm³/mol. The molecule has 3 aliphatic heterocycles. The third-order valence-corrected chi connectivity index (χ3v) is 13.3. The van der Waals surface area contributed by atoms with E-state index in [1.54, 1.807) is 67.5 Å². The monoisotopic (exact) mass is 694 g/mol. The Balaban J connectivity index is 1.36. The summed E-state index contributed by atoms with van der Waals surface area (Å²) in [7, 11) is 0. The minimum atomic E-state index is -1.65. The predicted octanol–water partition coefficient (Wildman–Crippen LogP) is 4.77. The molecule has 0 spiro atoms. The number of carbonyl (C=O) groups excluding carboxylic acids is 5. The maximum Gasteiger partial charge on any atom is 0.351 e. The molecule has 2 aromatic rings. The molecule has 0 N–H and O–H groups in total. The number of hydrogen-bond donors (Lipinski definition) is 0. The first-order valence-corrected chi connectivity index (χ1v) is 16.9. The lowest BCUT2D eigenvalue weighted by Crippen LogP contribution is -2.57. The summed E-state index contributed by atoms with van der Waals surface area (Å²) in [6.45, 7) is 14.9. The number of hydrogen-bond acceptors (Lipinski definition) is 13. The fraction of sp³-hybridized carbons (Fsp3) is 0.622. The van der Waals surface area contributed by atoms with Gasteiger partial charge in [-0.05, 0) is 71.6 Å². The fourth-order valence-electron chi connectivity index (χ4n) is 8.88. The first-order valence-electron chi connectivity index (χ1n) is 16.9. The second-order valence-corrected chi connectivity index (χ2v) is 16.4. The van der Waals surface area contributed by atoms with Crippen molar-refractivity contribution < 1.29 is 56.8 Å². The van der Waals surface area contributed by atoms with Crippen molar-refractivity contribution in [3.8, 4) is 5.75 Å². The van der Waals surface area contributed by atoms with E-state index in [2.05, 4.69) is 0 Å². The average Bonchev–Trinajstić information content (AvgIpc) is 3.49. The summed E-state index contributed by atoms with van der Waals surface area (Å²) in [5, 5.41) is 0.384. The van der Waals surface area contributed by atoms with Gasteiger partial charge < -0.3 is 32.8 Å². The number of esters is 5. The zero-order valence-corrected chi connectivity index (χ0v) is 29.7. The van der Waals surface area contributed by atoms with Crippen molar-refractivity contribution in [2.45, 2.75) is 124 Å². The highest BCUT2D eigenvalue weighted by atomic mass is 16.7. The number of fused-ring (bicyclic) bond motifs is 7.